The first-order chi connectivity index (χ1) is 6.11. The number of aryl methyl sites for hydroxylation is 1. The Bertz CT molecular complexity index is 321. The highest BCUT2D eigenvalue weighted by Gasteiger charge is 2.04. The molecule has 0 spiro atoms. The highest BCUT2D eigenvalue weighted by Crippen LogP contribution is 2.01. The van der Waals surface area contributed by atoms with Gasteiger partial charge in [0.1, 0.15) is 0 Å². The summed E-state index contributed by atoms with van der Waals surface area (Å²) in [7, 11) is 0.131. The van der Waals surface area contributed by atoms with Gasteiger partial charge in [0.2, 0.25) is 0 Å². The summed E-state index contributed by atoms with van der Waals surface area (Å²) in [4.78, 5) is 10.6. The van der Waals surface area contributed by atoms with Crippen molar-refractivity contribution in [2.75, 3.05) is 0 Å². The molecular formula is C10H12O2Si. The minimum absolute atomic E-state index is 0.131. The van der Waals surface area contributed by atoms with E-state index >= 15 is 0 Å². The Morgan fingerprint density at radius 3 is 2.69 bits per heavy atom. The van der Waals surface area contributed by atoms with Crippen molar-refractivity contribution in [2.24, 2.45) is 0 Å². The van der Waals surface area contributed by atoms with Crippen LogP contribution in [0.15, 0.2) is 18.2 Å². The normalized spacial score (nSPS) is 9.77. The van der Waals surface area contributed by atoms with Gasteiger partial charge in [-0.05, 0) is 30.2 Å². The lowest BCUT2D eigenvalue weighted by molar-refractivity contribution is -0.131. The first-order valence-electron chi connectivity index (χ1n) is 4.11. The highest BCUT2D eigenvalue weighted by atomic mass is 28.2. The Morgan fingerprint density at radius 1 is 1.38 bits per heavy atom. The molecule has 0 aromatic heterocycles. The van der Waals surface area contributed by atoms with E-state index < -0.39 is 0 Å². The van der Waals surface area contributed by atoms with Gasteiger partial charge in [0.25, 0.3) is 5.97 Å². The van der Waals surface area contributed by atoms with E-state index in [1.807, 2.05) is 19.1 Å². The summed E-state index contributed by atoms with van der Waals surface area (Å²) >= 11 is 0. The van der Waals surface area contributed by atoms with Crippen molar-refractivity contribution in [3.63, 3.8) is 0 Å². The van der Waals surface area contributed by atoms with E-state index in [2.05, 4.69) is 13.0 Å². The van der Waals surface area contributed by atoms with Crippen LogP contribution >= 0.6 is 0 Å². The molecule has 0 atom stereocenters. The number of hydrogen-bond acceptors (Lipinski definition) is 2. The van der Waals surface area contributed by atoms with Crippen LogP contribution in [0.3, 0.4) is 0 Å². The highest BCUT2D eigenvalue weighted by molar-refractivity contribution is 6.49. The molecule has 0 aliphatic carbocycles. The summed E-state index contributed by atoms with van der Waals surface area (Å²) < 4.78 is 4.95. The van der Waals surface area contributed by atoms with E-state index in [0.29, 0.717) is 0 Å². The Labute approximate surface area is 80.9 Å². The van der Waals surface area contributed by atoms with Crippen LogP contribution in [0.25, 0.3) is 0 Å². The summed E-state index contributed by atoms with van der Waals surface area (Å²) in [6, 6.07) is 6.02. The third-order valence-corrected chi connectivity index (χ3v) is 3.06. The van der Waals surface area contributed by atoms with Gasteiger partial charge in [-0.15, -0.1) is 0 Å². The predicted octanol–water partition coefficient (Wildman–Crippen LogP) is 1.11. The summed E-state index contributed by atoms with van der Waals surface area (Å²) in [6.45, 7) is 5.52. The number of carbonyl (C=O) groups is 1. The first-order valence-corrected chi connectivity index (χ1v) is 5.01. The van der Waals surface area contributed by atoms with Crippen molar-refractivity contribution in [2.45, 2.75) is 20.8 Å². The van der Waals surface area contributed by atoms with Gasteiger partial charge in [-0.25, -0.2) is 0 Å². The molecule has 1 aromatic rings. The molecule has 0 unspecified atom stereocenters. The molecule has 0 aliphatic rings. The number of rotatable bonds is 2. The molecule has 2 radical (unpaired) electrons. The number of carbonyl (C=O) groups excluding carboxylic acids is 1. The van der Waals surface area contributed by atoms with Gasteiger partial charge in [0, 0.05) is 6.92 Å². The zero-order chi connectivity index (χ0) is 9.84. The lowest BCUT2D eigenvalue weighted by Crippen LogP contribution is -2.22. The molecule has 0 aliphatic heterocycles. The molecule has 0 amide bonds. The smallest absolute Gasteiger partial charge is 0.355 e. The second-order valence-corrected chi connectivity index (χ2v) is 3.89. The lowest BCUT2D eigenvalue weighted by Gasteiger charge is -2.05. The van der Waals surface area contributed by atoms with E-state index in [0.717, 1.165) is 5.19 Å². The second kappa shape index (κ2) is 4.23. The zero-order valence-electron chi connectivity index (χ0n) is 8.05. The van der Waals surface area contributed by atoms with Gasteiger partial charge < -0.3 is 4.43 Å². The van der Waals surface area contributed by atoms with Crippen LogP contribution in [0.2, 0.25) is 0 Å². The molecular weight excluding hydrogens is 180 g/mol. The standard InChI is InChI=1S/C10H12O2Si/c1-7-5-4-6-10(8(7)2)13-12-9(3)11/h4-6H,1-3H3. The van der Waals surface area contributed by atoms with Crippen molar-refractivity contribution in [3.8, 4) is 0 Å². The van der Waals surface area contributed by atoms with E-state index in [4.69, 9.17) is 4.43 Å². The predicted molar refractivity (Wildman–Crippen MR) is 53.1 cm³/mol. The maximum atomic E-state index is 10.6. The molecule has 0 heterocycles. The van der Waals surface area contributed by atoms with Gasteiger partial charge in [0.15, 0.2) is 0 Å². The number of benzene rings is 1. The zero-order valence-corrected chi connectivity index (χ0v) is 9.05. The van der Waals surface area contributed by atoms with E-state index in [1.165, 1.54) is 18.1 Å². The van der Waals surface area contributed by atoms with Gasteiger partial charge in [-0.1, -0.05) is 18.2 Å². The number of hydrogen-bond donors (Lipinski definition) is 0. The second-order valence-electron chi connectivity index (χ2n) is 2.94. The largest absolute Gasteiger partial charge is 0.511 e. The van der Waals surface area contributed by atoms with Crippen molar-refractivity contribution in [1.82, 2.24) is 0 Å². The van der Waals surface area contributed by atoms with Gasteiger partial charge in [-0.3, -0.25) is 4.79 Å². The summed E-state index contributed by atoms with van der Waals surface area (Å²) in [5.41, 5.74) is 2.44. The van der Waals surface area contributed by atoms with E-state index in [1.54, 1.807) is 0 Å². The fourth-order valence-corrected chi connectivity index (χ4v) is 1.76. The molecule has 0 saturated heterocycles. The Hall–Kier alpha value is -1.09. The molecule has 1 aromatic carbocycles. The molecule has 3 heteroatoms. The summed E-state index contributed by atoms with van der Waals surface area (Å²) in [5.74, 6) is -0.223. The molecule has 0 fully saturated rings. The van der Waals surface area contributed by atoms with Gasteiger partial charge in [-0.2, -0.15) is 0 Å². The average Bonchev–Trinajstić information content (AvgIpc) is 2.07. The molecule has 0 bridgehead atoms. The Morgan fingerprint density at radius 2 is 2.08 bits per heavy atom. The van der Waals surface area contributed by atoms with Crippen molar-refractivity contribution >= 4 is 20.9 Å². The third kappa shape index (κ3) is 2.70. The molecule has 0 N–H and O–H groups in total. The average molecular weight is 192 g/mol. The Kier molecular flexibility index (Phi) is 3.25. The minimum Gasteiger partial charge on any atom is -0.511 e. The van der Waals surface area contributed by atoms with Crippen molar-refractivity contribution in [1.29, 1.82) is 0 Å². The third-order valence-electron chi connectivity index (χ3n) is 1.91. The molecule has 68 valence electrons. The van der Waals surface area contributed by atoms with Gasteiger partial charge >= 0.3 is 9.76 Å². The SMILES string of the molecule is CC(=O)O[Si]c1cccc(C)c1C. The fourth-order valence-electron chi connectivity index (χ4n) is 0.989. The van der Waals surface area contributed by atoms with Crippen LogP contribution < -0.4 is 5.19 Å². The molecule has 1 rings (SSSR count). The molecule has 2 nitrogen and oxygen atoms in total. The monoisotopic (exact) mass is 192 g/mol. The van der Waals surface area contributed by atoms with Gasteiger partial charge in [0.05, 0.1) is 0 Å². The van der Waals surface area contributed by atoms with Crippen LogP contribution in [-0.2, 0) is 9.22 Å². The maximum Gasteiger partial charge on any atom is 0.355 e. The van der Waals surface area contributed by atoms with Crippen LogP contribution in [0.5, 0.6) is 0 Å². The molecule has 13 heavy (non-hydrogen) atoms. The Balaban J connectivity index is 2.77. The van der Waals surface area contributed by atoms with Crippen LogP contribution in [-0.4, -0.2) is 15.7 Å². The van der Waals surface area contributed by atoms with E-state index in [-0.39, 0.29) is 15.7 Å². The molecule has 0 saturated carbocycles. The fraction of sp³-hybridized carbons (Fsp3) is 0.300. The lowest BCUT2D eigenvalue weighted by atomic mass is 10.1. The topological polar surface area (TPSA) is 26.3 Å². The summed E-state index contributed by atoms with van der Waals surface area (Å²) in [5, 5.41) is 1.11. The van der Waals surface area contributed by atoms with Crippen LogP contribution in [0, 0.1) is 13.8 Å². The van der Waals surface area contributed by atoms with Crippen LogP contribution in [0.1, 0.15) is 18.1 Å². The van der Waals surface area contributed by atoms with Crippen molar-refractivity contribution < 1.29 is 9.22 Å². The van der Waals surface area contributed by atoms with E-state index in [9.17, 15) is 4.79 Å². The minimum atomic E-state index is -0.223. The summed E-state index contributed by atoms with van der Waals surface area (Å²) in [6.07, 6.45) is 0. The first kappa shape index (κ1) is 9.99. The maximum absolute atomic E-state index is 10.6. The van der Waals surface area contributed by atoms with Crippen molar-refractivity contribution in [3.05, 3.63) is 29.3 Å². The quantitative estimate of drug-likeness (QED) is 0.656. The van der Waals surface area contributed by atoms with Crippen LogP contribution in [0.4, 0.5) is 0 Å².